The molecule has 3 heteroatoms. The Kier molecular flexibility index (Phi) is 8.55. The van der Waals surface area contributed by atoms with Crippen LogP contribution in [0.5, 0.6) is 0 Å². The van der Waals surface area contributed by atoms with Gasteiger partial charge < -0.3 is 0 Å². The molecule has 76 valence electrons. The van der Waals surface area contributed by atoms with Crippen molar-refractivity contribution in [3.05, 3.63) is 36.2 Å². The Morgan fingerprint density at radius 2 is 1.69 bits per heavy atom. The molecule has 0 aliphatic carbocycles. The normalized spacial score (nSPS) is 11.3. The van der Waals surface area contributed by atoms with Crippen LogP contribution in [0.1, 0.15) is 20.8 Å². The molecule has 0 saturated carbocycles. The fraction of sp³-hybridized carbons (Fsp3) is 0.400. The van der Waals surface area contributed by atoms with E-state index in [1.54, 1.807) is 0 Å². The molecule has 0 aromatic carbocycles. The predicted octanol–water partition coefficient (Wildman–Crippen LogP) is 4.26. The van der Waals surface area contributed by atoms with Crippen molar-refractivity contribution >= 4 is 0 Å². The summed E-state index contributed by atoms with van der Waals surface area (Å²) in [6, 6.07) is 0. The van der Waals surface area contributed by atoms with Crippen LogP contribution in [-0.2, 0) is 0 Å². The number of halogens is 3. The average molecular weight is 192 g/mol. The highest BCUT2D eigenvalue weighted by Gasteiger charge is 2.13. The summed E-state index contributed by atoms with van der Waals surface area (Å²) in [6.45, 7) is 11.6. The first-order valence-electron chi connectivity index (χ1n) is 3.96. The predicted molar refractivity (Wildman–Crippen MR) is 50.5 cm³/mol. The van der Waals surface area contributed by atoms with E-state index in [4.69, 9.17) is 0 Å². The Bertz CT molecular complexity index is 202. The second kappa shape index (κ2) is 7.65. The van der Waals surface area contributed by atoms with E-state index in [1.807, 2.05) is 13.8 Å². The first-order valence-corrected chi connectivity index (χ1v) is 3.96. The summed E-state index contributed by atoms with van der Waals surface area (Å²) in [7, 11) is 0. The first kappa shape index (κ1) is 14.5. The van der Waals surface area contributed by atoms with E-state index in [1.165, 1.54) is 6.92 Å². The Morgan fingerprint density at radius 3 is 1.77 bits per heavy atom. The van der Waals surface area contributed by atoms with Crippen molar-refractivity contribution in [1.82, 2.24) is 0 Å². The van der Waals surface area contributed by atoms with Crippen LogP contribution in [0.25, 0.3) is 0 Å². The standard InChI is InChI=1S/C8H9F3.C2H6/c1-4-6(8(10)11)7(9)5(2)3;1-2/h4,8H,1-2H2,3H3;1-2H3/b7-6-;. The Labute approximate surface area is 77.5 Å². The summed E-state index contributed by atoms with van der Waals surface area (Å²) in [6.07, 6.45) is -2.03. The Balaban J connectivity index is 0. The molecule has 0 saturated heterocycles. The van der Waals surface area contributed by atoms with E-state index in [0.29, 0.717) is 0 Å². The van der Waals surface area contributed by atoms with Gasteiger partial charge in [0.15, 0.2) is 0 Å². The fourth-order valence-electron chi connectivity index (χ4n) is 0.521. The maximum absolute atomic E-state index is 12.7. The van der Waals surface area contributed by atoms with Crippen LogP contribution < -0.4 is 0 Å². The van der Waals surface area contributed by atoms with Crippen molar-refractivity contribution in [3.8, 4) is 0 Å². The third-order valence-corrected chi connectivity index (χ3v) is 1.08. The van der Waals surface area contributed by atoms with E-state index in [2.05, 4.69) is 13.2 Å². The molecule has 0 radical (unpaired) electrons. The third-order valence-electron chi connectivity index (χ3n) is 1.08. The SMILES string of the molecule is C=C/C(=C(/F)C(=C)C)C(F)F.CC. The fourth-order valence-corrected chi connectivity index (χ4v) is 0.521. The quantitative estimate of drug-likeness (QED) is 0.586. The van der Waals surface area contributed by atoms with Crippen LogP contribution in [0, 0.1) is 0 Å². The summed E-state index contributed by atoms with van der Waals surface area (Å²) in [5.41, 5.74) is -0.710. The van der Waals surface area contributed by atoms with E-state index in [9.17, 15) is 13.2 Å². The van der Waals surface area contributed by atoms with Gasteiger partial charge in [0.2, 0.25) is 0 Å². The van der Waals surface area contributed by atoms with Gasteiger partial charge in [-0.25, -0.2) is 13.2 Å². The molecular weight excluding hydrogens is 177 g/mol. The highest BCUT2D eigenvalue weighted by molar-refractivity contribution is 5.33. The minimum atomic E-state index is -2.83. The first-order chi connectivity index (χ1) is 6.00. The van der Waals surface area contributed by atoms with Gasteiger partial charge in [-0.3, -0.25) is 0 Å². The van der Waals surface area contributed by atoms with Crippen molar-refractivity contribution in [1.29, 1.82) is 0 Å². The molecule has 0 aromatic rings. The minimum absolute atomic E-state index is 0.0137. The zero-order valence-electron chi connectivity index (χ0n) is 8.20. The van der Waals surface area contributed by atoms with E-state index in [0.717, 1.165) is 6.08 Å². The molecular formula is C10H15F3. The summed E-state index contributed by atoms with van der Waals surface area (Å²) < 4.78 is 36.5. The van der Waals surface area contributed by atoms with Gasteiger partial charge in [0.05, 0.1) is 5.57 Å². The zero-order valence-corrected chi connectivity index (χ0v) is 8.20. The van der Waals surface area contributed by atoms with Gasteiger partial charge in [-0.2, -0.15) is 0 Å². The topological polar surface area (TPSA) is 0 Å². The zero-order chi connectivity index (χ0) is 11.0. The number of hydrogen-bond acceptors (Lipinski definition) is 0. The molecule has 0 rings (SSSR count). The average Bonchev–Trinajstić information content (AvgIpc) is 2.08. The number of allylic oxidation sites excluding steroid dienone is 4. The summed E-state index contributed by atoms with van der Waals surface area (Å²) in [5.74, 6) is -0.977. The number of alkyl halides is 2. The summed E-state index contributed by atoms with van der Waals surface area (Å²) in [5, 5.41) is 0. The van der Waals surface area contributed by atoms with Gasteiger partial charge >= 0.3 is 0 Å². The molecule has 13 heavy (non-hydrogen) atoms. The van der Waals surface area contributed by atoms with Crippen molar-refractivity contribution in [3.63, 3.8) is 0 Å². The van der Waals surface area contributed by atoms with E-state index < -0.39 is 17.8 Å². The number of rotatable bonds is 3. The molecule has 0 nitrogen and oxygen atoms in total. The smallest absolute Gasteiger partial charge is 0.206 e. The summed E-state index contributed by atoms with van der Waals surface area (Å²) in [4.78, 5) is 0. The molecule has 0 aliphatic heterocycles. The number of hydrogen-bond donors (Lipinski definition) is 0. The van der Waals surface area contributed by atoms with Crippen LogP contribution in [0.15, 0.2) is 36.2 Å². The Hall–Kier alpha value is -0.990. The lowest BCUT2D eigenvalue weighted by molar-refractivity contribution is 0.190. The van der Waals surface area contributed by atoms with Crippen LogP contribution >= 0.6 is 0 Å². The largest absolute Gasteiger partial charge is 0.266 e. The van der Waals surface area contributed by atoms with Gasteiger partial charge in [-0.15, -0.1) is 0 Å². The molecule has 0 heterocycles. The molecule has 0 bridgehead atoms. The molecule has 0 amide bonds. The van der Waals surface area contributed by atoms with E-state index >= 15 is 0 Å². The molecule has 0 unspecified atom stereocenters. The van der Waals surface area contributed by atoms with Gasteiger partial charge in [0, 0.05) is 0 Å². The Morgan fingerprint density at radius 1 is 1.31 bits per heavy atom. The second-order valence-electron chi connectivity index (χ2n) is 2.05. The van der Waals surface area contributed by atoms with E-state index in [-0.39, 0.29) is 5.57 Å². The van der Waals surface area contributed by atoms with Gasteiger partial charge in [0.1, 0.15) is 5.83 Å². The van der Waals surface area contributed by atoms with Gasteiger partial charge in [0.25, 0.3) is 6.43 Å². The highest BCUT2D eigenvalue weighted by atomic mass is 19.3. The molecule has 0 fully saturated rings. The monoisotopic (exact) mass is 192 g/mol. The summed E-state index contributed by atoms with van der Waals surface area (Å²) >= 11 is 0. The maximum atomic E-state index is 12.7. The lowest BCUT2D eigenvalue weighted by Gasteiger charge is -2.02. The maximum Gasteiger partial charge on any atom is 0.266 e. The van der Waals surface area contributed by atoms with Gasteiger partial charge in [-0.05, 0) is 12.5 Å². The van der Waals surface area contributed by atoms with Crippen LogP contribution in [0.3, 0.4) is 0 Å². The van der Waals surface area contributed by atoms with Crippen LogP contribution in [0.2, 0.25) is 0 Å². The molecule has 0 N–H and O–H groups in total. The molecule has 0 atom stereocenters. The van der Waals surface area contributed by atoms with Crippen molar-refractivity contribution < 1.29 is 13.2 Å². The second-order valence-corrected chi connectivity index (χ2v) is 2.05. The lowest BCUT2D eigenvalue weighted by atomic mass is 10.2. The molecule has 0 aliphatic rings. The minimum Gasteiger partial charge on any atom is -0.206 e. The molecule has 0 aromatic heterocycles. The lowest BCUT2D eigenvalue weighted by Crippen LogP contribution is -1.96. The highest BCUT2D eigenvalue weighted by Crippen LogP contribution is 2.20. The van der Waals surface area contributed by atoms with Crippen LogP contribution in [-0.4, -0.2) is 6.43 Å². The van der Waals surface area contributed by atoms with Crippen molar-refractivity contribution in [2.24, 2.45) is 0 Å². The van der Waals surface area contributed by atoms with Crippen molar-refractivity contribution in [2.45, 2.75) is 27.2 Å². The molecule has 0 spiro atoms. The van der Waals surface area contributed by atoms with Crippen LogP contribution in [0.4, 0.5) is 13.2 Å². The third kappa shape index (κ3) is 5.28. The van der Waals surface area contributed by atoms with Gasteiger partial charge in [-0.1, -0.05) is 33.1 Å². The van der Waals surface area contributed by atoms with Crippen molar-refractivity contribution in [2.75, 3.05) is 0 Å².